The Morgan fingerprint density at radius 3 is 2.48 bits per heavy atom. The zero-order valence-electron chi connectivity index (χ0n) is 11.7. The van der Waals surface area contributed by atoms with Crippen LogP contribution in [0.3, 0.4) is 0 Å². The summed E-state index contributed by atoms with van der Waals surface area (Å²) < 4.78 is 34.6. The lowest BCUT2D eigenvalue weighted by Crippen LogP contribution is -2.45. The van der Waals surface area contributed by atoms with Crippen LogP contribution in [0.4, 0.5) is 9.57 Å². The van der Waals surface area contributed by atoms with Crippen LogP contribution in [-0.4, -0.2) is 51.8 Å². The fourth-order valence-electron chi connectivity index (χ4n) is 2.57. The van der Waals surface area contributed by atoms with Crippen LogP contribution in [0.25, 0.3) is 0 Å². The third-order valence-electron chi connectivity index (χ3n) is 3.56. The molecule has 116 valence electrons. The summed E-state index contributed by atoms with van der Waals surface area (Å²) in [5.41, 5.74) is 1.78. The first-order valence-electron chi connectivity index (χ1n) is 6.65. The molecule has 0 aliphatic carbocycles. The SMILES string of the molecule is Cc1c(B(O)O)cc(CS(=O)(=O)F)cc1N1CCNCC1. The van der Waals surface area contributed by atoms with E-state index in [-0.39, 0.29) is 11.0 Å². The molecule has 1 aromatic rings. The van der Waals surface area contributed by atoms with Gasteiger partial charge in [-0.25, -0.2) is 0 Å². The van der Waals surface area contributed by atoms with Gasteiger partial charge < -0.3 is 20.3 Å². The number of hydrogen-bond acceptors (Lipinski definition) is 6. The first kappa shape index (κ1) is 16.2. The van der Waals surface area contributed by atoms with Crippen molar-refractivity contribution in [2.24, 2.45) is 0 Å². The summed E-state index contributed by atoms with van der Waals surface area (Å²) in [6.45, 7) is 4.73. The van der Waals surface area contributed by atoms with Crippen molar-refractivity contribution in [2.45, 2.75) is 12.7 Å². The summed E-state index contributed by atoms with van der Waals surface area (Å²) in [6.07, 6.45) is 0. The van der Waals surface area contributed by atoms with E-state index in [1.54, 1.807) is 13.0 Å². The Bertz CT molecular complexity index is 618. The second kappa shape index (κ2) is 6.31. The molecule has 0 aromatic heterocycles. The maximum atomic E-state index is 12.9. The summed E-state index contributed by atoms with van der Waals surface area (Å²) >= 11 is 0. The van der Waals surface area contributed by atoms with Crippen molar-refractivity contribution < 1.29 is 22.4 Å². The second-order valence-corrected chi connectivity index (χ2v) is 6.49. The van der Waals surface area contributed by atoms with Gasteiger partial charge in [-0.1, -0.05) is 6.07 Å². The van der Waals surface area contributed by atoms with Crippen molar-refractivity contribution in [2.75, 3.05) is 31.1 Å². The molecule has 1 saturated heterocycles. The molecule has 3 N–H and O–H groups in total. The lowest BCUT2D eigenvalue weighted by atomic mass is 9.76. The smallest absolute Gasteiger partial charge is 0.423 e. The number of piperazine rings is 1. The molecular weight excluding hydrogens is 298 g/mol. The van der Waals surface area contributed by atoms with Crippen molar-refractivity contribution in [1.29, 1.82) is 0 Å². The van der Waals surface area contributed by atoms with E-state index in [4.69, 9.17) is 0 Å². The summed E-state index contributed by atoms with van der Waals surface area (Å²) in [4.78, 5) is 2.02. The first-order chi connectivity index (χ1) is 9.78. The number of rotatable bonds is 4. The number of nitrogens with zero attached hydrogens (tertiary/aromatic N) is 1. The zero-order chi connectivity index (χ0) is 15.6. The highest BCUT2D eigenvalue weighted by atomic mass is 32.3. The minimum absolute atomic E-state index is 0.199. The number of benzene rings is 1. The summed E-state index contributed by atoms with van der Waals surface area (Å²) in [6, 6.07) is 2.92. The van der Waals surface area contributed by atoms with Gasteiger partial charge in [0.25, 0.3) is 0 Å². The van der Waals surface area contributed by atoms with Gasteiger partial charge in [-0.2, -0.15) is 8.42 Å². The average molecular weight is 316 g/mol. The van der Waals surface area contributed by atoms with Crippen molar-refractivity contribution in [3.8, 4) is 0 Å². The monoisotopic (exact) mass is 316 g/mol. The Morgan fingerprint density at radius 2 is 1.95 bits per heavy atom. The molecule has 1 aliphatic heterocycles. The Kier molecular flexibility index (Phi) is 4.87. The average Bonchev–Trinajstić information content (AvgIpc) is 2.39. The normalized spacial score (nSPS) is 16.1. The molecule has 0 amide bonds. The highest BCUT2D eigenvalue weighted by Gasteiger charge is 2.22. The molecule has 0 atom stereocenters. The number of anilines is 1. The molecule has 1 heterocycles. The van der Waals surface area contributed by atoms with Crippen LogP contribution < -0.4 is 15.7 Å². The van der Waals surface area contributed by atoms with E-state index in [2.05, 4.69) is 5.32 Å². The molecule has 0 bridgehead atoms. The molecule has 1 aromatic carbocycles. The highest BCUT2D eigenvalue weighted by Crippen LogP contribution is 2.22. The van der Waals surface area contributed by atoms with E-state index in [0.29, 0.717) is 24.3 Å². The Labute approximate surface area is 123 Å². The zero-order valence-corrected chi connectivity index (χ0v) is 12.5. The number of nitrogens with one attached hydrogen (secondary N) is 1. The molecule has 21 heavy (non-hydrogen) atoms. The van der Waals surface area contributed by atoms with Gasteiger partial charge in [0.1, 0.15) is 5.75 Å². The minimum Gasteiger partial charge on any atom is -0.423 e. The lowest BCUT2D eigenvalue weighted by Gasteiger charge is -2.32. The maximum Gasteiger partial charge on any atom is 0.488 e. The topological polar surface area (TPSA) is 89.9 Å². The number of hydrogen-bond donors (Lipinski definition) is 3. The van der Waals surface area contributed by atoms with E-state index < -0.39 is 23.1 Å². The predicted octanol–water partition coefficient (Wildman–Crippen LogP) is -1.12. The molecule has 0 unspecified atom stereocenters. The number of halogens is 1. The van der Waals surface area contributed by atoms with E-state index in [1.807, 2.05) is 4.90 Å². The summed E-state index contributed by atoms with van der Waals surface area (Å²) in [7, 11) is -6.40. The Hall–Kier alpha value is -1.16. The Balaban J connectivity index is 2.46. The van der Waals surface area contributed by atoms with E-state index >= 15 is 0 Å². The molecule has 0 spiro atoms. The second-order valence-electron chi connectivity index (χ2n) is 5.12. The van der Waals surface area contributed by atoms with E-state index in [0.717, 1.165) is 13.1 Å². The third-order valence-corrected chi connectivity index (χ3v) is 4.23. The molecular formula is C12H18BFN2O4S. The van der Waals surface area contributed by atoms with Crippen LogP contribution in [0.5, 0.6) is 0 Å². The van der Waals surface area contributed by atoms with Gasteiger partial charge in [-0.15, -0.1) is 3.89 Å². The largest absolute Gasteiger partial charge is 0.488 e. The molecule has 1 fully saturated rings. The van der Waals surface area contributed by atoms with Gasteiger partial charge in [-0.3, -0.25) is 0 Å². The lowest BCUT2D eigenvalue weighted by molar-refractivity contribution is 0.425. The third kappa shape index (κ3) is 4.16. The van der Waals surface area contributed by atoms with Crippen LogP contribution in [0.1, 0.15) is 11.1 Å². The molecule has 2 rings (SSSR count). The molecule has 0 saturated carbocycles. The molecule has 0 radical (unpaired) electrons. The van der Waals surface area contributed by atoms with Crippen LogP contribution >= 0.6 is 0 Å². The van der Waals surface area contributed by atoms with Gasteiger partial charge in [0.15, 0.2) is 0 Å². The summed E-state index contributed by atoms with van der Waals surface area (Å²) in [5, 5.41) is 22.1. The van der Waals surface area contributed by atoms with Crippen molar-refractivity contribution in [1.82, 2.24) is 5.32 Å². The highest BCUT2D eigenvalue weighted by molar-refractivity contribution is 7.85. The van der Waals surface area contributed by atoms with Crippen LogP contribution in [-0.2, 0) is 16.0 Å². The van der Waals surface area contributed by atoms with Gasteiger partial charge in [0, 0.05) is 31.9 Å². The van der Waals surface area contributed by atoms with Crippen molar-refractivity contribution in [3.63, 3.8) is 0 Å². The summed E-state index contributed by atoms with van der Waals surface area (Å²) in [5.74, 6) is -0.772. The van der Waals surface area contributed by atoms with Crippen LogP contribution in [0.2, 0.25) is 0 Å². The van der Waals surface area contributed by atoms with Crippen molar-refractivity contribution >= 4 is 28.5 Å². The van der Waals surface area contributed by atoms with Crippen LogP contribution in [0.15, 0.2) is 12.1 Å². The fraction of sp³-hybridized carbons (Fsp3) is 0.500. The van der Waals surface area contributed by atoms with Crippen molar-refractivity contribution in [3.05, 3.63) is 23.3 Å². The van der Waals surface area contributed by atoms with Gasteiger partial charge >= 0.3 is 17.3 Å². The first-order valence-corrected chi connectivity index (χ1v) is 8.21. The quantitative estimate of drug-likeness (QED) is 0.482. The maximum absolute atomic E-state index is 12.9. The minimum atomic E-state index is -4.67. The van der Waals surface area contributed by atoms with Crippen LogP contribution in [0, 0.1) is 6.92 Å². The van der Waals surface area contributed by atoms with E-state index in [9.17, 15) is 22.4 Å². The van der Waals surface area contributed by atoms with Gasteiger partial charge in [0.2, 0.25) is 0 Å². The van der Waals surface area contributed by atoms with E-state index in [1.165, 1.54) is 6.07 Å². The standard InChI is InChI=1S/C12H18BFN2O4S/c1-9-11(13(17)18)6-10(8-21(14,19)20)7-12(9)16-4-2-15-3-5-16/h6-7,15,17-18H,2-5,8H2,1H3. The molecule has 6 nitrogen and oxygen atoms in total. The molecule has 9 heteroatoms. The molecule has 1 aliphatic rings. The van der Waals surface area contributed by atoms with Gasteiger partial charge in [-0.05, 0) is 29.6 Å². The predicted molar refractivity (Wildman–Crippen MR) is 79.8 cm³/mol. The van der Waals surface area contributed by atoms with Gasteiger partial charge in [0.05, 0.1) is 0 Å². The Morgan fingerprint density at radius 1 is 1.33 bits per heavy atom. The fourth-order valence-corrected chi connectivity index (χ4v) is 3.13.